The maximum Gasteiger partial charge on any atom is 0.327 e. The van der Waals surface area contributed by atoms with E-state index >= 15 is 0 Å². The number of aliphatic carboxylic acids is 1. The number of para-hydroxylation sites is 1. The number of carbonyl (C=O) groups excluding carboxylic acids is 2. The molecule has 0 fully saturated rings. The molecule has 164 valence electrons. The van der Waals surface area contributed by atoms with Crippen molar-refractivity contribution in [1.29, 1.82) is 0 Å². The zero-order chi connectivity index (χ0) is 22.6. The molecule has 0 radical (unpaired) electrons. The van der Waals surface area contributed by atoms with E-state index in [0.29, 0.717) is 12.0 Å². The zero-order valence-electron chi connectivity index (χ0n) is 18.0. The topological polar surface area (TPSA) is 143 Å². The highest BCUT2D eigenvalue weighted by Crippen LogP contribution is 2.22. The van der Waals surface area contributed by atoms with Gasteiger partial charge in [-0.2, -0.15) is 0 Å². The molecular formula is C22H32N4O4. The lowest BCUT2D eigenvalue weighted by molar-refractivity contribution is -0.159. The summed E-state index contributed by atoms with van der Waals surface area (Å²) in [4.78, 5) is 42.3. The Morgan fingerprint density at radius 2 is 1.70 bits per heavy atom. The SMILES string of the molecule is CC(C)CC(N)C(=O)N(C(=O)C(N)C(C)C)C(Cc1c[nH]c2ccccc12)C(=O)O. The molecule has 0 aliphatic rings. The number of hydrogen-bond acceptors (Lipinski definition) is 5. The third kappa shape index (κ3) is 5.25. The number of nitrogens with two attached hydrogens (primary N) is 2. The Kier molecular flexibility index (Phi) is 7.75. The fourth-order valence-electron chi connectivity index (χ4n) is 3.45. The summed E-state index contributed by atoms with van der Waals surface area (Å²) < 4.78 is 0. The number of aromatic nitrogens is 1. The molecule has 1 aromatic carbocycles. The second-order valence-electron chi connectivity index (χ2n) is 8.47. The molecule has 3 unspecified atom stereocenters. The highest BCUT2D eigenvalue weighted by molar-refractivity contribution is 6.03. The average Bonchev–Trinajstić information content (AvgIpc) is 3.08. The number of nitrogens with zero attached hydrogens (tertiary/aromatic N) is 1. The maximum atomic E-state index is 13.1. The number of benzene rings is 1. The van der Waals surface area contributed by atoms with Gasteiger partial charge in [-0.25, -0.2) is 4.79 Å². The molecule has 30 heavy (non-hydrogen) atoms. The number of H-pyrrole nitrogens is 1. The van der Waals surface area contributed by atoms with Crippen molar-refractivity contribution in [3.05, 3.63) is 36.0 Å². The molecule has 3 atom stereocenters. The number of carboxylic acids is 1. The van der Waals surface area contributed by atoms with E-state index in [2.05, 4.69) is 4.98 Å². The van der Waals surface area contributed by atoms with Gasteiger partial charge in [0.25, 0.3) is 0 Å². The Morgan fingerprint density at radius 3 is 2.27 bits per heavy atom. The zero-order valence-corrected chi connectivity index (χ0v) is 18.0. The van der Waals surface area contributed by atoms with Crippen LogP contribution in [0.3, 0.4) is 0 Å². The number of fused-ring (bicyclic) bond motifs is 1. The molecule has 1 aromatic heterocycles. The minimum absolute atomic E-state index is 0.0456. The predicted octanol–water partition coefficient (Wildman–Crippen LogP) is 1.88. The van der Waals surface area contributed by atoms with Gasteiger partial charge >= 0.3 is 5.97 Å². The fraction of sp³-hybridized carbons (Fsp3) is 0.500. The van der Waals surface area contributed by atoms with Crippen molar-refractivity contribution in [2.75, 3.05) is 0 Å². The van der Waals surface area contributed by atoms with Crippen LogP contribution in [0.5, 0.6) is 0 Å². The summed E-state index contributed by atoms with van der Waals surface area (Å²) in [7, 11) is 0. The summed E-state index contributed by atoms with van der Waals surface area (Å²) in [5.41, 5.74) is 13.6. The van der Waals surface area contributed by atoms with Crippen LogP contribution in [0.4, 0.5) is 0 Å². The standard InChI is InChI=1S/C22H32N4O4/c1-12(2)9-16(23)20(27)26(21(28)19(24)13(3)4)18(22(29)30)10-14-11-25-17-8-6-5-7-15(14)17/h5-8,11-13,16,18-19,25H,9-10,23-24H2,1-4H3,(H,29,30). The highest BCUT2D eigenvalue weighted by atomic mass is 16.4. The van der Waals surface area contributed by atoms with Crippen molar-refractivity contribution >= 4 is 28.7 Å². The van der Waals surface area contributed by atoms with Crippen LogP contribution in [-0.4, -0.2) is 50.9 Å². The fourth-order valence-corrected chi connectivity index (χ4v) is 3.45. The van der Waals surface area contributed by atoms with Gasteiger partial charge in [-0.3, -0.25) is 14.5 Å². The molecule has 2 aromatic rings. The largest absolute Gasteiger partial charge is 0.480 e. The van der Waals surface area contributed by atoms with Gasteiger partial charge in [-0.15, -0.1) is 0 Å². The van der Waals surface area contributed by atoms with Gasteiger partial charge in [0.2, 0.25) is 11.8 Å². The molecule has 2 rings (SSSR count). The lowest BCUT2D eigenvalue weighted by Crippen LogP contribution is -2.59. The molecule has 8 heteroatoms. The first-order valence-corrected chi connectivity index (χ1v) is 10.2. The van der Waals surface area contributed by atoms with E-state index < -0.39 is 35.9 Å². The van der Waals surface area contributed by atoms with Crippen molar-refractivity contribution in [3.63, 3.8) is 0 Å². The van der Waals surface area contributed by atoms with Crippen LogP contribution < -0.4 is 11.5 Å². The normalized spacial score (nSPS) is 14.7. The van der Waals surface area contributed by atoms with E-state index in [-0.39, 0.29) is 18.3 Å². The highest BCUT2D eigenvalue weighted by Gasteiger charge is 2.40. The molecule has 0 saturated heterocycles. The van der Waals surface area contributed by atoms with Crippen molar-refractivity contribution in [3.8, 4) is 0 Å². The second-order valence-corrected chi connectivity index (χ2v) is 8.47. The Bertz CT molecular complexity index is 905. The molecule has 0 saturated carbocycles. The minimum Gasteiger partial charge on any atom is -0.480 e. The van der Waals surface area contributed by atoms with E-state index in [1.54, 1.807) is 20.0 Å². The molecule has 0 bridgehead atoms. The molecule has 0 aliphatic heterocycles. The van der Waals surface area contributed by atoms with Gasteiger partial charge < -0.3 is 21.6 Å². The minimum atomic E-state index is -1.41. The van der Waals surface area contributed by atoms with Crippen LogP contribution in [0.1, 0.15) is 39.7 Å². The third-order valence-electron chi connectivity index (χ3n) is 5.21. The van der Waals surface area contributed by atoms with Gasteiger partial charge in [-0.1, -0.05) is 45.9 Å². The van der Waals surface area contributed by atoms with Crippen LogP contribution in [0, 0.1) is 11.8 Å². The van der Waals surface area contributed by atoms with Gasteiger partial charge in [0.15, 0.2) is 0 Å². The smallest absolute Gasteiger partial charge is 0.327 e. The number of imide groups is 1. The second kappa shape index (κ2) is 9.86. The van der Waals surface area contributed by atoms with Crippen molar-refractivity contribution in [2.24, 2.45) is 23.3 Å². The van der Waals surface area contributed by atoms with Crippen LogP contribution in [0.25, 0.3) is 10.9 Å². The Morgan fingerprint density at radius 1 is 1.07 bits per heavy atom. The number of rotatable bonds is 9. The lowest BCUT2D eigenvalue weighted by atomic mass is 9.97. The lowest BCUT2D eigenvalue weighted by Gasteiger charge is -2.32. The first kappa shape index (κ1) is 23.6. The Balaban J connectivity index is 2.46. The summed E-state index contributed by atoms with van der Waals surface area (Å²) in [5, 5.41) is 10.8. The number of hydrogen-bond donors (Lipinski definition) is 4. The average molecular weight is 417 g/mol. The molecule has 0 spiro atoms. The Hall–Kier alpha value is -2.71. The summed E-state index contributed by atoms with van der Waals surface area (Å²) in [6.45, 7) is 7.29. The van der Waals surface area contributed by atoms with E-state index in [0.717, 1.165) is 15.8 Å². The first-order chi connectivity index (χ1) is 14.0. The molecular weight excluding hydrogens is 384 g/mol. The van der Waals surface area contributed by atoms with Gasteiger partial charge in [0.05, 0.1) is 12.1 Å². The van der Waals surface area contributed by atoms with E-state index in [4.69, 9.17) is 11.5 Å². The van der Waals surface area contributed by atoms with Crippen molar-refractivity contribution in [2.45, 2.75) is 58.7 Å². The van der Waals surface area contributed by atoms with E-state index in [9.17, 15) is 19.5 Å². The van der Waals surface area contributed by atoms with Crippen LogP contribution in [0.2, 0.25) is 0 Å². The van der Waals surface area contributed by atoms with Gasteiger partial charge in [0.1, 0.15) is 6.04 Å². The monoisotopic (exact) mass is 416 g/mol. The van der Waals surface area contributed by atoms with Crippen LogP contribution in [0.15, 0.2) is 30.5 Å². The van der Waals surface area contributed by atoms with E-state index in [1.165, 1.54) is 0 Å². The maximum absolute atomic E-state index is 13.1. The summed E-state index contributed by atoms with van der Waals surface area (Å²) in [6, 6.07) is 4.03. The molecule has 8 nitrogen and oxygen atoms in total. The van der Waals surface area contributed by atoms with Crippen LogP contribution >= 0.6 is 0 Å². The van der Waals surface area contributed by atoms with Crippen LogP contribution in [-0.2, 0) is 20.8 Å². The predicted molar refractivity (Wildman–Crippen MR) is 116 cm³/mol. The van der Waals surface area contributed by atoms with Crippen molar-refractivity contribution in [1.82, 2.24) is 9.88 Å². The molecule has 1 heterocycles. The number of carbonyl (C=O) groups is 3. The number of amides is 2. The molecule has 0 aliphatic carbocycles. The molecule has 6 N–H and O–H groups in total. The summed E-state index contributed by atoms with van der Waals surface area (Å²) in [6.07, 6.45) is 1.99. The summed E-state index contributed by atoms with van der Waals surface area (Å²) >= 11 is 0. The first-order valence-electron chi connectivity index (χ1n) is 10.2. The van der Waals surface area contributed by atoms with Gasteiger partial charge in [0, 0.05) is 23.5 Å². The van der Waals surface area contributed by atoms with Gasteiger partial charge in [-0.05, 0) is 29.9 Å². The summed E-state index contributed by atoms with van der Waals surface area (Å²) in [5.74, 6) is -2.87. The number of carboxylic acid groups (broad SMARTS) is 1. The third-order valence-corrected chi connectivity index (χ3v) is 5.21. The molecule has 2 amide bonds. The van der Waals surface area contributed by atoms with Crippen molar-refractivity contribution < 1.29 is 19.5 Å². The van der Waals surface area contributed by atoms with E-state index in [1.807, 2.05) is 38.1 Å². The number of nitrogens with one attached hydrogen (secondary N) is 1. The quantitative estimate of drug-likeness (QED) is 0.491. The number of aromatic amines is 1. The Labute approximate surface area is 176 Å².